The Kier molecular flexibility index (Phi) is 5.82. The summed E-state index contributed by atoms with van der Waals surface area (Å²) in [6.45, 7) is 4.82. The quantitative estimate of drug-likeness (QED) is 0.175. The van der Waals surface area contributed by atoms with Crippen LogP contribution in [0, 0.1) is 0 Å². The lowest BCUT2D eigenvalue weighted by molar-refractivity contribution is 0.661. The van der Waals surface area contributed by atoms with Gasteiger partial charge in [0.05, 0.1) is 11.0 Å². The second-order valence-corrected chi connectivity index (χ2v) is 14.0. The highest BCUT2D eigenvalue weighted by molar-refractivity contribution is 6.21. The van der Waals surface area contributed by atoms with Gasteiger partial charge in [-0.25, -0.2) is 0 Å². The van der Waals surface area contributed by atoms with Gasteiger partial charge in [0, 0.05) is 21.9 Å². The number of benzene rings is 7. The Labute approximate surface area is 281 Å². The summed E-state index contributed by atoms with van der Waals surface area (Å²) in [6, 6.07) is 50.0. The molecule has 8 aromatic rings. The minimum atomic E-state index is -0.138. The standard InChI is InChI=1S/C47H35N/c1-47(2)41-27-31(46-37-22-11-9-20-35(37)45(30-15-5-3-6-16-30)36-21-10-12-23-38(36)46)25-26-33(41)39-29-44-40(28-42(39)47)34-19-13-14-24-43(34)48(44)32-17-7-4-8-18-32/h3-7,9-17,19-29H,8,18H2,1-2H3. The first-order valence-electron chi connectivity index (χ1n) is 17.2. The SMILES string of the molecule is CC1(C)c2cc(-c3c4ccccc4c(-c4ccccc4)c4ccccc34)ccc2-c2cc3c(cc21)c1ccccc1n3C1=CC=CCC1. The number of hydrogen-bond donors (Lipinski definition) is 0. The van der Waals surface area contributed by atoms with Gasteiger partial charge in [-0.15, -0.1) is 0 Å². The van der Waals surface area contributed by atoms with Gasteiger partial charge in [-0.1, -0.05) is 135 Å². The van der Waals surface area contributed by atoms with E-state index < -0.39 is 0 Å². The van der Waals surface area contributed by atoms with Crippen molar-refractivity contribution in [3.05, 3.63) is 163 Å². The second kappa shape index (κ2) is 10.2. The Morgan fingerprint density at radius 2 is 1.10 bits per heavy atom. The van der Waals surface area contributed by atoms with Gasteiger partial charge in [0.25, 0.3) is 0 Å². The molecular weight excluding hydrogens is 579 g/mol. The van der Waals surface area contributed by atoms with Gasteiger partial charge in [0.15, 0.2) is 0 Å². The Morgan fingerprint density at radius 1 is 0.500 bits per heavy atom. The fourth-order valence-electron chi connectivity index (χ4n) is 8.79. The van der Waals surface area contributed by atoms with Crippen molar-refractivity contribution in [1.82, 2.24) is 4.57 Å². The molecule has 0 unspecified atom stereocenters. The molecule has 2 aliphatic rings. The van der Waals surface area contributed by atoms with Crippen LogP contribution in [0.4, 0.5) is 0 Å². The molecule has 10 rings (SSSR count). The van der Waals surface area contributed by atoms with Crippen molar-refractivity contribution in [2.24, 2.45) is 0 Å². The van der Waals surface area contributed by atoms with E-state index in [0.29, 0.717) is 0 Å². The van der Waals surface area contributed by atoms with Gasteiger partial charge in [0.2, 0.25) is 0 Å². The van der Waals surface area contributed by atoms with Crippen LogP contribution in [0.2, 0.25) is 0 Å². The van der Waals surface area contributed by atoms with E-state index >= 15 is 0 Å². The van der Waals surface area contributed by atoms with Crippen LogP contribution in [0.25, 0.3) is 82.4 Å². The van der Waals surface area contributed by atoms with E-state index in [1.807, 2.05) is 0 Å². The molecular formula is C47H35N. The lowest BCUT2D eigenvalue weighted by atomic mass is 9.80. The molecule has 0 amide bonds. The number of hydrogen-bond acceptors (Lipinski definition) is 0. The van der Waals surface area contributed by atoms with Gasteiger partial charge >= 0.3 is 0 Å². The number of rotatable bonds is 3. The molecule has 1 heterocycles. The second-order valence-electron chi connectivity index (χ2n) is 14.0. The number of allylic oxidation sites excluding steroid dienone is 4. The number of nitrogens with zero attached hydrogens (tertiary/aromatic N) is 1. The molecule has 0 N–H and O–H groups in total. The van der Waals surface area contributed by atoms with Crippen molar-refractivity contribution >= 4 is 49.0 Å². The monoisotopic (exact) mass is 613 g/mol. The molecule has 7 aromatic carbocycles. The molecule has 1 heteroatoms. The van der Waals surface area contributed by atoms with Crippen molar-refractivity contribution in [3.63, 3.8) is 0 Å². The summed E-state index contributed by atoms with van der Waals surface area (Å²) in [4.78, 5) is 0. The highest BCUT2D eigenvalue weighted by Crippen LogP contribution is 2.53. The predicted molar refractivity (Wildman–Crippen MR) is 206 cm³/mol. The molecule has 0 atom stereocenters. The van der Waals surface area contributed by atoms with Crippen LogP contribution in [0.5, 0.6) is 0 Å². The minimum Gasteiger partial charge on any atom is -0.313 e. The molecule has 1 aromatic heterocycles. The minimum absolute atomic E-state index is 0.138. The molecule has 1 nitrogen and oxygen atoms in total. The third-order valence-electron chi connectivity index (χ3n) is 11.0. The van der Waals surface area contributed by atoms with E-state index in [9.17, 15) is 0 Å². The van der Waals surface area contributed by atoms with Gasteiger partial charge < -0.3 is 4.57 Å². The first kappa shape index (κ1) is 27.5. The highest BCUT2D eigenvalue weighted by Gasteiger charge is 2.37. The van der Waals surface area contributed by atoms with Crippen molar-refractivity contribution in [2.75, 3.05) is 0 Å². The van der Waals surface area contributed by atoms with Crippen molar-refractivity contribution in [2.45, 2.75) is 32.1 Å². The predicted octanol–water partition coefficient (Wildman–Crippen LogP) is 12.9. The number of aromatic nitrogens is 1. The molecule has 0 fully saturated rings. The van der Waals surface area contributed by atoms with E-state index in [1.54, 1.807) is 0 Å². The molecule has 0 saturated heterocycles. The summed E-state index contributed by atoms with van der Waals surface area (Å²) in [5.74, 6) is 0. The maximum Gasteiger partial charge on any atom is 0.0544 e. The van der Waals surface area contributed by atoms with E-state index in [1.165, 1.54) is 93.6 Å². The fraction of sp³-hybridized carbons (Fsp3) is 0.106. The molecule has 48 heavy (non-hydrogen) atoms. The van der Waals surface area contributed by atoms with Crippen molar-refractivity contribution in [3.8, 4) is 33.4 Å². The van der Waals surface area contributed by atoms with Crippen LogP contribution < -0.4 is 0 Å². The lowest BCUT2D eigenvalue weighted by Gasteiger charge is -2.23. The van der Waals surface area contributed by atoms with Crippen LogP contribution >= 0.6 is 0 Å². The normalized spacial score (nSPS) is 14.9. The smallest absolute Gasteiger partial charge is 0.0544 e. The van der Waals surface area contributed by atoms with Crippen molar-refractivity contribution in [1.29, 1.82) is 0 Å². The lowest BCUT2D eigenvalue weighted by Crippen LogP contribution is -2.15. The topological polar surface area (TPSA) is 4.93 Å². The molecule has 0 aliphatic heterocycles. The summed E-state index contributed by atoms with van der Waals surface area (Å²) >= 11 is 0. The van der Waals surface area contributed by atoms with E-state index in [4.69, 9.17) is 0 Å². The van der Waals surface area contributed by atoms with Crippen LogP contribution in [-0.2, 0) is 5.41 Å². The van der Waals surface area contributed by atoms with Crippen molar-refractivity contribution < 1.29 is 0 Å². The average molecular weight is 614 g/mol. The van der Waals surface area contributed by atoms with Gasteiger partial charge in [-0.05, 0) is 109 Å². The Hall–Kier alpha value is -5.66. The summed E-state index contributed by atoms with van der Waals surface area (Å²) < 4.78 is 2.51. The first-order chi connectivity index (χ1) is 23.6. The van der Waals surface area contributed by atoms with E-state index in [2.05, 4.69) is 170 Å². The fourth-order valence-corrected chi connectivity index (χ4v) is 8.79. The first-order valence-corrected chi connectivity index (χ1v) is 17.2. The maximum atomic E-state index is 2.51. The third-order valence-corrected chi connectivity index (χ3v) is 11.0. The van der Waals surface area contributed by atoms with Gasteiger partial charge in [-0.2, -0.15) is 0 Å². The average Bonchev–Trinajstić information content (AvgIpc) is 3.58. The summed E-state index contributed by atoms with van der Waals surface area (Å²) in [6.07, 6.45) is 8.92. The zero-order chi connectivity index (χ0) is 32.0. The Morgan fingerprint density at radius 3 is 1.77 bits per heavy atom. The summed E-state index contributed by atoms with van der Waals surface area (Å²) in [7, 11) is 0. The van der Waals surface area contributed by atoms with E-state index in [0.717, 1.165) is 12.8 Å². The number of para-hydroxylation sites is 1. The van der Waals surface area contributed by atoms with Crippen LogP contribution in [0.1, 0.15) is 37.8 Å². The summed E-state index contributed by atoms with van der Waals surface area (Å²) in [5.41, 5.74) is 14.5. The molecule has 0 bridgehead atoms. The largest absolute Gasteiger partial charge is 0.313 e. The van der Waals surface area contributed by atoms with Gasteiger partial charge in [-0.3, -0.25) is 0 Å². The van der Waals surface area contributed by atoms with Gasteiger partial charge in [0.1, 0.15) is 0 Å². The summed E-state index contributed by atoms with van der Waals surface area (Å²) in [5, 5.41) is 7.85. The third kappa shape index (κ3) is 3.79. The molecule has 0 spiro atoms. The Balaban J connectivity index is 1.22. The molecule has 0 saturated carbocycles. The van der Waals surface area contributed by atoms with E-state index in [-0.39, 0.29) is 5.41 Å². The maximum absolute atomic E-state index is 2.51. The number of fused-ring (bicyclic) bond motifs is 8. The van der Waals surface area contributed by atoms with Crippen LogP contribution in [-0.4, -0.2) is 4.57 Å². The molecule has 0 radical (unpaired) electrons. The highest BCUT2D eigenvalue weighted by atomic mass is 15.0. The van der Waals surface area contributed by atoms with Crippen LogP contribution in [0.3, 0.4) is 0 Å². The zero-order valence-corrected chi connectivity index (χ0v) is 27.3. The zero-order valence-electron chi connectivity index (χ0n) is 27.3. The van der Waals surface area contributed by atoms with Crippen LogP contribution in [0.15, 0.2) is 152 Å². The molecule has 2 aliphatic carbocycles. The Bertz CT molecular complexity index is 2620. The molecule has 228 valence electrons.